The summed E-state index contributed by atoms with van der Waals surface area (Å²) in [6.07, 6.45) is 8.44. The van der Waals surface area contributed by atoms with Crippen molar-refractivity contribution in [3.05, 3.63) is 57.0 Å². The number of rotatable bonds is 3. The number of alkyl halides is 1. The average Bonchev–Trinajstić information content (AvgIpc) is 3.46. The predicted octanol–water partition coefficient (Wildman–Crippen LogP) is 5.04. The summed E-state index contributed by atoms with van der Waals surface area (Å²) in [5, 5.41) is 8.73. The third-order valence-electron chi connectivity index (χ3n) is 4.04. The van der Waals surface area contributed by atoms with E-state index in [-0.39, 0.29) is 37.2 Å². The average molecular weight is 596 g/mol. The summed E-state index contributed by atoms with van der Waals surface area (Å²) in [4.78, 5) is 11.2. The topological polar surface area (TPSA) is 52.1 Å². The van der Waals surface area contributed by atoms with Gasteiger partial charge in [0.1, 0.15) is 5.75 Å². The molecule has 1 aromatic heterocycles. The molecule has 30 heavy (non-hydrogen) atoms. The van der Waals surface area contributed by atoms with Gasteiger partial charge in [0.15, 0.2) is 0 Å². The Morgan fingerprint density at radius 3 is 2.83 bits per heavy atom. The molecule has 0 N–H and O–H groups in total. The van der Waals surface area contributed by atoms with Gasteiger partial charge in [0, 0.05) is 19.9 Å². The SMILES string of the molecule is C(#CC1CC1)c1nn[c-]s1.COc1ccc(Cl)cc1C1=C([C-]=O)C=CC(C)I=C1.[Ni+2]. The van der Waals surface area contributed by atoms with Gasteiger partial charge in [0.2, 0.25) is 0 Å². The zero-order valence-corrected chi connectivity index (χ0v) is 20.9. The van der Waals surface area contributed by atoms with Gasteiger partial charge in [-0.2, -0.15) is 6.08 Å². The molecular formula is C22H18ClIN2NiO2S. The summed E-state index contributed by atoms with van der Waals surface area (Å²) < 4.78 is 8.01. The first-order valence-electron chi connectivity index (χ1n) is 8.91. The molecule has 0 radical (unpaired) electrons. The maximum absolute atomic E-state index is 11.2. The number of hydrogen-bond acceptors (Lipinski definition) is 5. The number of methoxy groups -OCH3 is 1. The van der Waals surface area contributed by atoms with E-state index in [2.05, 4.69) is 44.6 Å². The monoisotopic (exact) mass is 594 g/mol. The molecule has 1 saturated carbocycles. The Kier molecular flexibility index (Phi) is 10.4. The van der Waals surface area contributed by atoms with Gasteiger partial charge in [-0.05, 0) is 36.6 Å². The zero-order valence-electron chi connectivity index (χ0n) is 16.2. The fourth-order valence-electron chi connectivity index (χ4n) is 2.36. The minimum atomic E-state index is -0.150. The van der Waals surface area contributed by atoms with Crippen LogP contribution in [-0.4, -0.2) is 31.5 Å². The summed E-state index contributed by atoms with van der Waals surface area (Å²) in [5.74, 6) is 7.41. The third-order valence-corrected chi connectivity index (χ3v) is 7.35. The molecule has 2 heterocycles. The van der Waals surface area contributed by atoms with E-state index < -0.39 is 0 Å². The van der Waals surface area contributed by atoms with Crippen LogP contribution in [0.2, 0.25) is 5.02 Å². The van der Waals surface area contributed by atoms with Crippen LogP contribution in [0.25, 0.3) is 5.57 Å². The Morgan fingerprint density at radius 2 is 2.20 bits per heavy atom. The van der Waals surface area contributed by atoms with Crippen molar-refractivity contribution in [2.75, 3.05) is 7.11 Å². The van der Waals surface area contributed by atoms with Crippen LogP contribution in [0.15, 0.2) is 35.9 Å². The molecule has 1 fully saturated rings. The zero-order chi connectivity index (χ0) is 20.6. The van der Waals surface area contributed by atoms with Crippen LogP contribution in [0, 0.1) is 23.3 Å². The van der Waals surface area contributed by atoms with Gasteiger partial charge in [-0.3, -0.25) is 5.10 Å². The van der Waals surface area contributed by atoms with Crippen LogP contribution in [0.4, 0.5) is 0 Å². The molecule has 0 amide bonds. The second-order valence-electron chi connectivity index (χ2n) is 6.29. The van der Waals surface area contributed by atoms with Crippen molar-refractivity contribution in [2.45, 2.75) is 23.7 Å². The van der Waals surface area contributed by atoms with Crippen LogP contribution in [0.3, 0.4) is 0 Å². The summed E-state index contributed by atoms with van der Waals surface area (Å²) in [6.45, 7) is 2.15. The van der Waals surface area contributed by atoms with Gasteiger partial charge in [-0.25, -0.2) is 5.10 Å². The molecule has 0 bridgehead atoms. The van der Waals surface area contributed by atoms with Crippen molar-refractivity contribution in [3.63, 3.8) is 0 Å². The first-order chi connectivity index (χ1) is 14.1. The van der Waals surface area contributed by atoms with Crippen molar-refractivity contribution in [2.24, 2.45) is 5.92 Å². The molecule has 1 aliphatic carbocycles. The van der Waals surface area contributed by atoms with E-state index in [1.54, 1.807) is 13.2 Å². The fraction of sp³-hybridized carbons (Fsp3) is 0.273. The van der Waals surface area contributed by atoms with E-state index in [1.165, 1.54) is 24.2 Å². The van der Waals surface area contributed by atoms with E-state index in [1.807, 2.05) is 24.5 Å². The number of benzene rings is 1. The van der Waals surface area contributed by atoms with Crippen molar-refractivity contribution in [1.82, 2.24) is 10.2 Å². The maximum atomic E-state index is 11.2. The number of halogens is 2. The molecule has 4 rings (SSSR count). The van der Waals surface area contributed by atoms with Crippen molar-refractivity contribution in [3.8, 4) is 17.6 Å². The molecule has 0 saturated heterocycles. The summed E-state index contributed by atoms with van der Waals surface area (Å²) in [7, 11) is 1.61. The van der Waals surface area contributed by atoms with Gasteiger partial charge in [-0.15, -0.1) is 49.8 Å². The van der Waals surface area contributed by atoms with Crippen molar-refractivity contribution in [1.29, 1.82) is 0 Å². The quantitative estimate of drug-likeness (QED) is 0.164. The molecule has 2 aliphatic rings. The van der Waals surface area contributed by atoms with Gasteiger partial charge >= 0.3 is 16.5 Å². The fourth-order valence-corrected chi connectivity index (χ4v) is 4.93. The maximum Gasteiger partial charge on any atom is 2.00 e. The predicted molar refractivity (Wildman–Crippen MR) is 128 cm³/mol. The van der Waals surface area contributed by atoms with E-state index in [4.69, 9.17) is 16.3 Å². The molecule has 158 valence electrons. The molecule has 1 unspecified atom stereocenters. The van der Waals surface area contributed by atoms with Gasteiger partial charge in [0.25, 0.3) is 0 Å². The number of nitrogens with zero attached hydrogens (tertiary/aromatic N) is 2. The second kappa shape index (κ2) is 12.5. The largest absolute Gasteiger partial charge is 2.00 e. The Morgan fingerprint density at radius 1 is 1.40 bits per heavy atom. The molecule has 1 aromatic carbocycles. The molecule has 1 aliphatic heterocycles. The van der Waals surface area contributed by atoms with Crippen molar-refractivity contribution >= 4 is 59.5 Å². The van der Waals surface area contributed by atoms with Crippen LogP contribution in [0.5, 0.6) is 5.75 Å². The normalized spacial score (nSPS) is 17.2. The smallest absolute Gasteiger partial charge is 0.497 e. The van der Waals surface area contributed by atoms with E-state index in [0.29, 0.717) is 20.4 Å². The molecular weight excluding hydrogens is 577 g/mol. The summed E-state index contributed by atoms with van der Waals surface area (Å²) in [6, 6.07) is 5.42. The first-order valence-corrected chi connectivity index (χ1v) is 12.6. The minimum Gasteiger partial charge on any atom is -0.497 e. The van der Waals surface area contributed by atoms with Crippen LogP contribution >= 0.6 is 43.7 Å². The van der Waals surface area contributed by atoms with E-state index in [9.17, 15) is 4.79 Å². The van der Waals surface area contributed by atoms with E-state index in [0.717, 1.165) is 21.9 Å². The standard InChI is InChI=1S/C15H13ClIO2.C7H5N2S.Ni/c1-10-3-4-11(9-18)14(8-17-10)13-7-12(16)5-6-15(13)19-2;1-2-6(1)3-4-7-9-8-5-10-7;/h3-8,10H,1-2H3;6H,1-2H2;/q2*-1;+2. The Labute approximate surface area is 205 Å². The summed E-state index contributed by atoms with van der Waals surface area (Å²) in [5.41, 5.74) is 4.94. The second-order valence-corrected chi connectivity index (χ2v) is 10.8. The number of carbonyl (C=O) groups excluding carboxylic acids is 1. The van der Waals surface area contributed by atoms with Crippen LogP contribution in [-0.2, 0) is 21.3 Å². The van der Waals surface area contributed by atoms with Crippen molar-refractivity contribution < 1.29 is 26.0 Å². The Bertz CT molecular complexity index is 1020. The first kappa shape index (κ1) is 24.9. The number of allylic oxidation sites excluding steroid dienone is 4. The Balaban J connectivity index is 0.000000245. The van der Waals surface area contributed by atoms with Crippen LogP contribution < -0.4 is 4.74 Å². The van der Waals surface area contributed by atoms with Crippen LogP contribution in [0.1, 0.15) is 30.3 Å². The third kappa shape index (κ3) is 7.42. The van der Waals surface area contributed by atoms with E-state index >= 15 is 0 Å². The molecule has 2 aromatic rings. The number of aromatic nitrogens is 2. The Hall–Kier alpha value is -1.33. The van der Waals surface area contributed by atoms with Gasteiger partial charge in [0.05, 0.1) is 13.4 Å². The molecule has 4 nitrogen and oxygen atoms in total. The van der Waals surface area contributed by atoms with Gasteiger partial charge < -0.3 is 20.9 Å². The van der Waals surface area contributed by atoms with Gasteiger partial charge in [-0.1, -0.05) is 28.0 Å². The molecule has 8 heteroatoms. The molecule has 1 atom stereocenters. The number of ether oxygens (including phenoxy) is 1. The summed E-state index contributed by atoms with van der Waals surface area (Å²) >= 11 is 7.28. The molecule has 0 spiro atoms. The number of hydrogen-bond donors (Lipinski definition) is 0. The minimum absolute atomic E-state index is 0.